The van der Waals surface area contributed by atoms with E-state index in [1.54, 1.807) is 18.3 Å². The van der Waals surface area contributed by atoms with Crippen LogP contribution in [0.4, 0.5) is 4.39 Å². The molecule has 3 aromatic rings. The summed E-state index contributed by atoms with van der Waals surface area (Å²) in [5.41, 5.74) is 0.526. The number of carbonyl (C=O) groups excluding carboxylic acids is 1. The first-order valence-electron chi connectivity index (χ1n) is 5.99. The summed E-state index contributed by atoms with van der Waals surface area (Å²) in [6.45, 7) is 0. The van der Waals surface area contributed by atoms with Crippen LogP contribution in [0.5, 0.6) is 5.75 Å². The summed E-state index contributed by atoms with van der Waals surface area (Å²) in [4.78, 5) is 20.5. The van der Waals surface area contributed by atoms with E-state index in [-0.39, 0.29) is 22.4 Å². The average molecular weight is 306 g/mol. The predicted molar refractivity (Wildman–Crippen MR) is 74.4 cm³/mol. The number of ketones is 1. The Morgan fingerprint density at radius 1 is 1.33 bits per heavy atom. The summed E-state index contributed by atoms with van der Waals surface area (Å²) in [5, 5.41) is 0.101. The lowest BCUT2D eigenvalue weighted by Crippen LogP contribution is -2.11. The molecule has 0 unspecified atom stereocenters. The summed E-state index contributed by atoms with van der Waals surface area (Å²) in [5.74, 6) is -0.975. The zero-order valence-corrected chi connectivity index (χ0v) is 11.6. The molecule has 0 radical (unpaired) electrons. The third-order valence-electron chi connectivity index (χ3n) is 2.95. The highest BCUT2D eigenvalue weighted by Gasteiger charge is 2.19. The van der Waals surface area contributed by atoms with Crippen molar-refractivity contribution in [1.82, 2.24) is 14.4 Å². The van der Waals surface area contributed by atoms with E-state index in [4.69, 9.17) is 16.3 Å². The molecule has 0 aliphatic heterocycles. The fourth-order valence-corrected chi connectivity index (χ4v) is 2.20. The number of rotatable bonds is 3. The van der Waals surface area contributed by atoms with Gasteiger partial charge in [-0.3, -0.25) is 9.20 Å². The molecule has 7 heteroatoms. The number of fused-ring (bicyclic) bond motifs is 1. The third-order valence-corrected chi connectivity index (χ3v) is 3.22. The van der Waals surface area contributed by atoms with E-state index in [9.17, 15) is 9.18 Å². The summed E-state index contributed by atoms with van der Waals surface area (Å²) in [7, 11) is 1.40. The largest absolute Gasteiger partial charge is 0.496 e. The van der Waals surface area contributed by atoms with Crippen LogP contribution in [-0.4, -0.2) is 27.3 Å². The van der Waals surface area contributed by atoms with Crippen LogP contribution >= 0.6 is 11.6 Å². The van der Waals surface area contributed by atoms with Crippen molar-refractivity contribution >= 4 is 23.0 Å². The maximum absolute atomic E-state index is 13.4. The lowest BCUT2D eigenvalue weighted by atomic mass is 10.1. The van der Waals surface area contributed by atoms with Crippen molar-refractivity contribution in [3.05, 3.63) is 59.0 Å². The Bertz CT molecular complexity index is 847. The van der Waals surface area contributed by atoms with Gasteiger partial charge in [-0.15, -0.1) is 0 Å². The molecule has 3 rings (SSSR count). The molecule has 5 nitrogen and oxygen atoms in total. The topological polar surface area (TPSA) is 56.5 Å². The number of benzene rings is 1. The van der Waals surface area contributed by atoms with Crippen molar-refractivity contribution in [3.63, 3.8) is 0 Å². The standard InChI is InChI=1S/C14H9ClFN3O2/c1-21-10-5-4-8(16)7-9(10)12(20)13-17-11-3-2-6-19(11)14(15)18-13/h2-7H,1H3. The number of aromatic nitrogens is 3. The Hall–Kier alpha value is -2.47. The van der Waals surface area contributed by atoms with Gasteiger partial charge >= 0.3 is 0 Å². The molecule has 0 saturated heterocycles. The first-order valence-corrected chi connectivity index (χ1v) is 6.37. The number of ether oxygens (including phenoxy) is 1. The van der Waals surface area contributed by atoms with E-state index in [0.29, 0.717) is 5.65 Å². The molecule has 21 heavy (non-hydrogen) atoms. The van der Waals surface area contributed by atoms with Gasteiger partial charge in [-0.05, 0) is 41.9 Å². The Morgan fingerprint density at radius 2 is 2.14 bits per heavy atom. The lowest BCUT2D eigenvalue weighted by molar-refractivity contribution is 0.102. The SMILES string of the molecule is COc1ccc(F)cc1C(=O)c1nc(Cl)n2cccc2n1. The van der Waals surface area contributed by atoms with Crippen molar-refractivity contribution in [2.75, 3.05) is 7.11 Å². The minimum absolute atomic E-state index is 0.0458. The summed E-state index contributed by atoms with van der Waals surface area (Å²) >= 11 is 5.99. The Kier molecular flexibility index (Phi) is 3.31. The van der Waals surface area contributed by atoms with Crippen molar-refractivity contribution in [3.8, 4) is 5.75 Å². The maximum Gasteiger partial charge on any atom is 0.234 e. The summed E-state index contributed by atoms with van der Waals surface area (Å²) in [6, 6.07) is 7.08. The number of nitrogens with zero attached hydrogens (tertiary/aromatic N) is 3. The molecule has 0 aliphatic rings. The van der Waals surface area contributed by atoms with E-state index in [1.165, 1.54) is 23.6 Å². The maximum atomic E-state index is 13.4. The van der Waals surface area contributed by atoms with Crippen LogP contribution in [0, 0.1) is 5.82 Å². The molecule has 0 fully saturated rings. The molecule has 0 amide bonds. The number of methoxy groups -OCH3 is 1. The van der Waals surface area contributed by atoms with Crippen LogP contribution in [0.25, 0.3) is 5.65 Å². The van der Waals surface area contributed by atoms with Crippen LogP contribution in [0.15, 0.2) is 36.5 Å². The molecule has 2 heterocycles. The van der Waals surface area contributed by atoms with Crippen LogP contribution < -0.4 is 4.74 Å². The van der Waals surface area contributed by atoms with Crippen molar-refractivity contribution in [2.24, 2.45) is 0 Å². The van der Waals surface area contributed by atoms with Gasteiger partial charge in [0.05, 0.1) is 12.7 Å². The van der Waals surface area contributed by atoms with Crippen LogP contribution in [0.3, 0.4) is 0 Å². The molecule has 0 N–H and O–H groups in total. The molecule has 0 bridgehead atoms. The van der Waals surface area contributed by atoms with Crippen LogP contribution in [-0.2, 0) is 0 Å². The Morgan fingerprint density at radius 3 is 2.90 bits per heavy atom. The monoisotopic (exact) mass is 305 g/mol. The van der Waals surface area contributed by atoms with E-state index in [1.807, 2.05) is 0 Å². The van der Waals surface area contributed by atoms with Gasteiger partial charge in [0.25, 0.3) is 0 Å². The summed E-state index contributed by atoms with van der Waals surface area (Å²) < 4.78 is 20.0. The van der Waals surface area contributed by atoms with E-state index >= 15 is 0 Å². The lowest BCUT2D eigenvalue weighted by Gasteiger charge is -2.07. The highest BCUT2D eigenvalue weighted by Crippen LogP contribution is 2.22. The molecule has 0 spiro atoms. The van der Waals surface area contributed by atoms with Gasteiger partial charge in [0.1, 0.15) is 17.2 Å². The number of hydrogen-bond acceptors (Lipinski definition) is 4. The van der Waals surface area contributed by atoms with Gasteiger partial charge < -0.3 is 4.74 Å². The van der Waals surface area contributed by atoms with Crippen molar-refractivity contribution in [2.45, 2.75) is 0 Å². The van der Waals surface area contributed by atoms with E-state index < -0.39 is 11.6 Å². The van der Waals surface area contributed by atoms with Gasteiger partial charge in [-0.2, -0.15) is 4.98 Å². The molecule has 0 aliphatic carbocycles. The normalized spacial score (nSPS) is 10.8. The smallest absolute Gasteiger partial charge is 0.234 e. The molecule has 0 saturated carbocycles. The highest BCUT2D eigenvalue weighted by atomic mass is 35.5. The Labute approximate surface area is 124 Å². The van der Waals surface area contributed by atoms with Gasteiger partial charge in [0.15, 0.2) is 0 Å². The number of halogens is 2. The molecule has 106 valence electrons. The fraction of sp³-hybridized carbons (Fsp3) is 0.0714. The van der Waals surface area contributed by atoms with E-state index in [2.05, 4.69) is 9.97 Å². The zero-order chi connectivity index (χ0) is 15.0. The predicted octanol–water partition coefficient (Wildman–Crippen LogP) is 2.76. The van der Waals surface area contributed by atoms with Gasteiger partial charge in [0, 0.05) is 6.20 Å². The summed E-state index contributed by atoms with van der Waals surface area (Å²) in [6.07, 6.45) is 1.68. The van der Waals surface area contributed by atoms with Gasteiger partial charge in [-0.1, -0.05) is 0 Å². The number of hydrogen-bond donors (Lipinski definition) is 0. The molecule has 0 atom stereocenters. The minimum atomic E-state index is -0.558. The van der Waals surface area contributed by atoms with Crippen LogP contribution in [0.1, 0.15) is 16.2 Å². The Balaban J connectivity index is 2.14. The van der Waals surface area contributed by atoms with E-state index in [0.717, 1.165) is 6.07 Å². The van der Waals surface area contributed by atoms with Crippen molar-refractivity contribution < 1.29 is 13.9 Å². The third kappa shape index (κ3) is 2.34. The van der Waals surface area contributed by atoms with Gasteiger partial charge in [-0.25, -0.2) is 9.37 Å². The minimum Gasteiger partial charge on any atom is -0.496 e. The van der Waals surface area contributed by atoms with Crippen molar-refractivity contribution in [1.29, 1.82) is 0 Å². The first kappa shape index (κ1) is 13.5. The average Bonchev–Trinajstić information content (AvgIpc) is 2.95. The molecular formula is C14H9ClFN3O2. The first-order chi connectivity index (χ1) is 10.1. The second-order valence-corrected chi connectivity index (χ2v) is 4.56. The zero-order valence-electron chi connectivity index (χ0n) is 10.9. The number of carbonyl (C=O) groups is 1. The fourth-order valence-electron chi connectivity index (χ4n) is 1.97. The van der Waals surface area contributed by atoms with Crippen LogP contribution in [0.2, 0.25) is 5.28 Å². The van der Waals surface area contributed by atoms with Gasteiger partial charge in [0.2, 0.25) is 16.9 Å². The second-order valence-electron chi connectivity index (χ2n) is 4.23. The molecular weight excluding hydrogens is 297 g/mol. The highest BCUT2D eigenvalue weighted by molar-refractivity contribution is 6.28. The second kappa shape index (κ2) is 5.14. The molecule has 1 aromatic carbocycles. The molecule has 2 aromatic heterocycles. The quantitative estimate of drug-likeness (QED) is 0.698.